The summed E-state index contributed by atoms with van der Waals surface area (Å²) < 4.78 is 0. The van der Waals surface area contributed by atoms with Gasteiger partial charge in [0.2, 0.25) is 0 Å². The minimum atomic E-state index is -0.425. The fraction of sp³-hybridized carbons (Fsp3) is 0.0408. The molecule has 3 aliphatic rings. The summed E-state index contributed by atoms with van der Waals surface area (Å²) in [6.07, 6.45) is 1.90. The van der Waals surface area contributed by atoms with Crippen LogP contribution in [-0.4, -0.2) is 4.98 Å². The van der Waals surface area contributed by atoms with Crippen molar-refractivity contribution < 1.29 is 0 Å². The smallest absolute Gasteiger partial charge is 0.0708 e. The molecule has 0 atom stereocenters. The van der Waals surface area contributed by atoms with Gasteiger partial charge in [0.25, 0.3) is 0 Å². The highest BCUT2D eigenvalue weighted by atomic mass is 14.7. The lowest BCUT2D eigenvalue weighted by atomic mass is 9.59. The second-order valence-corrected chi connectivity index (χ2v) is 14.1. The topological polar surface area (TPSA) is 12.9 Å². The average molecular weight is 632 g/mol. The number of hydrogen-bond acceptors (Lipinski definition) is 1. The monoisotopic (exact) mass is 631 g/mol. The predicted octanol–water partition coefficient (Wildman–Crippen LogP) is 11.9. The summed E-state index contributed by atoms with van der Waals surface area (Å²) in [7, 11) is 0. The van der Waals surface area contributed by atoms with E-state index in [-0.39, 0.29) is 0 Å². The zero-order valence-corrected chi connectivity index (χ0v) is 27.2. The largest absolute Gasteiger partial charge is 0.256 e. The molecule has 0 amide bonds. The first-order chi connectivity index (χ1) is 24.8. The van der Waals surface area contributed by atoms with Gasteiger partial charge in [-0.2, -0.15) is 0 Å². The molecule has 0 saturated carbocycles. The Hall–Kier alpha value is -6.31. The van der Waals surface area contributed by atoms with E-state index in [4.69, 9.17) is 4.98 Å². The van der Waals surface area contributed by atoms with E-state index in [2.05, 4.69) is 164 Å². The van der Waals surface area contributed by atoms with Crippen molar-refractivity contribution in [3.05, 3.63) is 209 Å². The molecule has 0 spiro atoms. The lowest BCUT2D eigenvalue weighted by Crippen LogP contribution is -2.42. The number of benzene rings is 8. The molecule has 0 unspecified atom stereocenters. The molecule has 12 rings (SSSR count). The number of aromatic nitrogens is 1. The first kappa shape index (κ1) is 26.6. The molecular formula is C49H29N. The Kier molecular flexibility index (Phi) is 4.91. The zero-order chi connectivity index (χ0) is 32.6. The Bertz CT molecular complexity index is 2550. The van der Waals surface area contributed by atoms with Gasteiger partial charge in [-0.25, -0.2) is 0 Å². The van der Waals surface area contributed by atoms with E-state index >= 15 is 0 Å². The van der Waals surface area contributed by atoms with Gasteiger partial charge in [-0.15, -0.1) is 0 Å². The van der Waals surface area contributed by atoms with Gasteiger partial charge in [0.05, 0.1) is 16.5 Å². The highest BCUT2D eigenvalue weighted by molar-refractivity contribution is 6.17. The second kappa shape index (κ2) is 9.22. The van der Waals surface area contributed by atoms with E-state index in [0.717, 1.165) is 5.69 Å². The molecule has 9 aromatic rings. The fourth-order valence-corrected chi connectivity index (χ4v) is 10.7. The molecular weight excluding hydrogens is 603 g/mol. The SMILES string of the molecule is c1ccc(-c2ccc3c4c(cccc24)C24c5cccc6c(-c7ccccc7)ccc(c56)C32c2ccc(-c3ccccn3)c3cccc4c23)cc1. The molecule has 8 aromatic carbocycles. The molecule has 3 aliphatic carbocycles. The summed E-state index contributed by atoms with van der Waals surface area (Å²) in [6, 6.07) is 63.8. The van der Waals surface area contributed by atoms with Crippen LogP contribution in [0.5, 0.6) is 0 Å². The van der Waals surface area contributed by atoms with E-state index in [0.29, 0.717) is 0 Å². The van der Waals surface area contributed by atoms with Crippen LogP contribution in [0, 0.1) is 0 Å². The molecule has 0 bridgehead atoms. The minimum Gasteiger partial charge on any atom is -0.256 e. The van der Waals surface area contributed by atoms with Crippen LogP contribution in [-0.2, 0) is 10.8 Å². The number of hydrogen-bond donors (Lipinski definition) is 0. The third-order valence-corrected chi connectivity index (χ3v) is 12.2. The van der Waals surface area contributed by atoms with Crippen LogP contribution in [0.1, 0.15) is 33.4 Å². The van der Waals surface area contributed by atoms with Gasteiger partial charge >= 0.3 is 0 Å². The molecule has 1 nitrogen and oxygen atoms in total. The molecule has 50 heavy (non-hydrogen) atoms. The maximum Gasteiger partial charge on any atom is 0.0708 e. The van der Waals surface area contributed by atoms with Crippen LogP contribution in [0.4, 0.5) is 0 Å². The lowest BCUT2D eigenvalue weighted by molar-refractivity contribution is 0.492. The average Bonchev–Trinajstić information content (AvgIpc) is 3.72. The van der Waals surface area contributed by atoms with Crippen molar-refractivity contribution >= 4 is 32.3 Å². The van der Waals surface area contributed by atoms with Gasteiger partial charge in [0, 0.05) is 11.8 Å². The molecule has 0 saturated heterocycles. The first-order valence-corrected chi connectivity index (χ1v) is 17.6. The molecule has 0 N–H and O–H groups in total. The Balaban J connectivity index is 1.28. The van der Waals surface area contributed by atoms with E-state index in [9.17, 15) is 0 Å². The Morgan fingerprint density at radius 1 is 0.300 bits per heavy atom. The zero-order valence-electron chi connectivity index (χ0n) is 27.2. The van der Waals surface area contributed by atoms with Crippen molar-refractivity contribution in [2.75, 3.05) is 0 Å². The molecule has 1 heterocycles. The summed E-state index contributed by atoms with van der Waals surface area (Å²) in [5.74, 6) is 0. The van der Waals surface area contributed by atoms with Gasteiger partial charge < -0.3 is 0 Å². The molecule has 1 heteroatoms. The highest BCUT2D eigenvalue weighted by Crippen LogP contribution is 2.76. The maximum absolute atomic E-state index is 4.83. The first-order valence-electron chi connectivity index (χ1n) is 17.6. The third-order valence-electron chi connectivity index (χ3n) is 12.2. The minimum absolute atomic E-state index is 0.425. The standard InChI is InChI=1S/C49H29N/c1-3-12-30(13-4-1)32-23-26-41-45-35(32)16-9-19-38(45)48-39-20-10-17-36-33(31-14-5-2-6-15-31)24-27-42(46(36)39)49(41,48)43-28-25-34(44-22-7-8-29-50-44)37-18-11-21-40(48)47(37)43/h1-29H. The van der Waals surface area contributed by atoms with Crippen LogP contribution >= 0.6 is 0 Å². The van der Waals surface area contributed by atoms with Crippen molar-refractivity contribution in [1.29, 1.82) is 0 Å². The molecule has 0 aliphatic heterocycles. The van der Waals surface area contributed by atoms with Crippen LogP contribution in [0.15, 0.2) is 176 Å². The van der Waals surface area contributed by atoms with E-state index in [1.165, 1.54) is 93.5 Å². The van der Waals surface area contributed by atoms with Crippen molar-refractivity contribution in [1.82, 2.24) is 4.98 Å². The van der Waals surface area contributed by atoms with Crippen LogP contribution in [0.2, 0.25) is 0 Å². The lowest BCUT2D eigenvalue weighted by Gasteiger charge is -2.40. The summed E-state index contributed by atoms with van der Waals surface area (Å²) in [5.41, 5.74) is 14.9. The van der Waals surface area contributed by atoms with E-state index in [1.807, 2.05) is 12.3 Å². The summed E-state index contributed by atoms with van der Waals surface area (Å²) in [4.78, 5) is 4.83. The van der Waals surface area contributed by atoms with Crippen LogP contribution in [0.25, 0.3) is 65.8 Å². The predicted molar refractivity (Wildman–Crippen MR) is 206 cm³/mol. The number of pyridine rings is 1. The van der Waals surface area contributed by atoms with Gasteiger partial charge in [0.15, 0.2) is 0 Å². The van der Waals surface area contributed by atoms with Gasteiger partial charge in [-0.3, -0.25) is 4.98 Å². The number of nitrogens with zero attached hydrogens (tertiary/aromatic N) is 1. The maximum atomic E-state index is 4.83. The Labute approximate surface area is 290 Å². The molecule has 1 aromatic heterocycles. The summed E-state index contributed by atoms with van der Waals surface area (Å²) in [6.45, 7) is 0. The van der Waals surface area contributed by atoms with Gasteiger partial charge in [-0.05, 0) is 100 Å². The van der Waals surface area contributed by atoms with Crippen molar-refractivity contribution in [3.8, 4) is 33.5 Å². The molecule has 0 fully saturated rings. The number of rotatable bonds is 3. The van der Waals surface area contributed by atoms with Crippen molar-refractivity contribution in [3.63, 3.8) is 0 Å². The van der Waals surface area contributed by atoms with Crippen LogP contribution < -0.4 is 0 Å². The second-order valence-electron chi connectivity index (χ2n) is 14.1. The van der Waals surface area contributed by atoms with Crippen LogP contribution in [0.3, 0.4) is 0 Å². The molecule has 230 valence electrons. The van der Waals surface area contributed by atoms with E-state index in [1.54, 1.807) is 0 Å². The van der Waals surface area contributed by atoms with E-state index < -0.39 is 10.8 Å². The Morgan fingerprint density at radius 2 is 0.700 bits per heavy atom. The quantitative estimate of drug-likeness (QED) is 0.189. The fourth-order valence-electron chi connectivity index (χ4n) is 10.7. The Morgan fingerprint density at radius 3 is 1.14 bits per heavy atom. The van der Waals surface area contributed by atoms with Gasteiger partial charge in [0.1, 0.15) is 0 Å². The van der Waals surface area contributed by atoms with Gasteiger partial charge in [-0.1, -0.05) is 158 Å². The summed E-state index contributed by atoms with van der Waals surface area (Å²) in [5, 5.41) is 8.11. The summed E-state index contributed by atoms with van der Waals surface area (Å²) >= 11 is 0. The molecule has 0 radical (unpaired) electrons. The normalized spacial score (nSPS) is 19.0. The highest BCUT2D eigenvalue weighted by Gasteiger charge is 2.70. The van der Waals surface area contributed by atoms with Crippen molar-refractivity contribution in [2.24, 2.45) is 0 Å². The third kappa shape index (κ3) is 2.85. The van der Waals surface area contributed by atoms with Crippen molar-refractivity contribution in [2.45, 2.75) is 10.8 Å².